The molecular formula is C9H18F2S2. The van der Waals surface area contributed by atoms with E-state index in [2.05, 4.69) is 0 Å². The molecule has 0 aliphatic carbocycles. The molecule has 0 spiro atoms. The fraction of sp³-hybridized carbons (Fsp3) is 1.00. The van der Waals surface area contributed by atoms with Gasteiger partial charge in [-0.2, -0.15) is 0 Å². The molecule has 0 aromatic carbocycles. The largest absolute Gasteiger partial charge is 0.251 e. The first-order chi connectivity index (χ1) is 5.74. The third kappa shape index (κ3) is 6.61. The van der Waals surface area contributed by atoms with E-state index in [1.807, 2.05) is 34.6 Å². The van der Waals surface area contributed by atoms with Crippen LogP contribution < -0.4 is 0 Å². The van der Waals surface area contributed by atoms with Gasteiger partial charge in [0.05, 0.1) is 5.25 Å². The number of halogens is 2. The summed E-state index contributed by atoms with van der Waals surface area (Å²) < 4.78 is 25.0. The summed E-state index contributed by atoms with van der Waals surface area (Å²) in [6.07, 6.45) is -2.22. The summed E-state index contributed by atoms with van der Waals surface area (Å²) in [7, 11) is 2.85. The van der Waals surface area contributed by atoms with Crippen LogP contribution >= 0.6 is 21.6 Å². The predicted octanol–water partition coefficient (Wildman–Crippen LogP) is 4.46. The Kier molecular flexibility index (Phi) is 5.68. The SMILES string of the molecule is CC(C)C(SSC(C)(C)C)C(F)F. The van der Waals surface area contributed by atoms with Crippen molar-refractivity contribution in [1.82, 2.24) is 0 Å². The fourth-order valence-corrected chi connectivity index (χ4v) is 3.47. The standard InChI is InChI=1S/C9H18F2S2/c1-6(2)7(8(10)11)12-13-9(3,4)5/h6-8H,1-5H3. The van der Waals surface area contributed by atoms with Gasteiger partial charge in [-0.05, 0) is 5.92 Å². The lowest BCUT2D eigenvalue weighted by Gasteiger charge is -2.23. The summed E-state index contributed by atoms with van der Waals surface area (Å²) in [4.78, 5) is 0. The van der Waals surface area contributed by atoms with Crippen molar-refractivity contribution in [3.05, 3.63) is 0 Å². The van der Waals surface area contributed by atoms with E-state index in [4.69, 9.17) is 0 Å². The zero-order valence-corrected chi connectivity index (χ0v) is 10.4. The zero-order chi connectivity index (χ0) is 10.6. The Morgan fingerprint density at radius 3 is 1.77 bits per heavy atom. The van der Waals surface area contributed by atoms with Crippen LogP contribution in [0.1, 0.15) is 34.6 Å². The Bertz CT molecular complexity index is 133. The van der Waals surface area contributed by atoms with Crippen LogP contribution in [0.2, 0.25) is 0 Å². The highest BCUT2D eigenvalue weighted by molar-refractivity contribution is 8.77. The number of rotatable bonds is 4. The molecule has 4 heteroatoms. The maximum Gasteiger partial charge on any atom is 0.251 e. The van der Waals surface area contributed by atoms with Gasteiger partial charge in [-0.1, -0.05) is 56.2 Å². The van der Waals surface area contributed by atoms with Crippen LogP contribution in [0.25, 0.3) is 0 Å². The highest BCUT2D eigenvalue weighted by Crippen LogP contribution is 2.42. The molecule has 0 radical (unpaired) electrons. The van der Waals surface area contributed by atoms with Gasteiger partial charge in [0.15, 0.2) is 0 Å². The van der Waals surface area contributed by atoms with Gasteiger partial charge < -0.3 is 0 Å². The molecule has 80 valence electrons. The molecule has 0 rings (SSSR count). The lowest BCUT2D eigenvalue weighted by Crippen LogP contribution is -2.21. The minimum absolute atomic E-state index is 0.0276. The normalized spacial score (nSPS) is 15.5. The van der Waals surface area contributed by atoms with Crippen molar-refractivity contribution < 1.29 is 8.78 Å². The van der Waals surface area contributed by atoms with Crippen LogP contribution in [0.5, 0.6) is 0 Å². The molecule has 0 aromatic rings. The molecule has 0 bridgehead atoms. The Labute approximate surface area is 87.6 Å². The minimum atomic E-state index is -2.22. The van der Waals surface area contributed by atoms with Crippen LogP contribution in [-0.4, -0.2) is 16.4 Å². The summed E-state index contributed by atoms with van der Waals surface area (Å²) in [5.41, 5.74) is 0. The second kappa shape index (κ2) is 5.44. The minimum Gasteiger partial charge on any atom is -0.209 e. The van der Waals surface area contributed by atoms with Crippen molar-refractivity contribution in [3.8, 4) is 0 Å². The Balaban J connectivity index is 3.98. The molecular weight excluding hydrogens is 210 g/mol. The average Bonchev–Trinajstić information content (AvgIpc) is 1.82. The molecule has 0 saturated carbocycles. The molecule has 0 N–H and O–H groups in total. The van der Waals surface area contributed by atoms with Crippen molar-refractivity contribution in [2.75, 3.05) is 0 Å². The summed E-state index contributed by atoms with van der Waals surface area (Å²) >= 11 is 0. The zero-order valence-electron chi connectivity index (χ0n) is 8.80. The Morgan fingerprint density at radius 1 is 1.08 bits per heavy atom. The first-order valence-corrected chi connectivity index (χ1v) is 6.58. The van der Waals surface area contributed by atoms with Gasteiger partial charge in [-0.15, -0.1) is 0 Å². The molecule has 0 fully saturated rings. The van der Waals surface area contributed by atoms with Gasteiger partial charge >= 0.3 is 0 Å². The monoisotopic (exact) mass is 228 g/mol. The highest BCUT2D eigenvalue weighted by Gasteiger charge is 2.26. The van der Waals surface area contributed by atoms with Gasteiger partial charge in [0, 0.05) is 4.75 Å². The van der Waals surface area contributed by atoms with E-state index in [1.165, 1.54) is 21.6 Å². The van der Waals surface area contributed by atoms with Gasteiger partial charge in [0.1, 0.15) is 0 Å². The van der Waals surface area contributed by atoms with Crippen molar-refractivity contribution in [2.24, 2.45) is 5.92 Å². The van der Waals surface area contributed by atoms with E-state index >= 15 is 0 Å². The molecule has 13 heavy (non-hydrogen) atoms. The topological polar surface area (TPSA) is 0 Å². The van der Waals surface area contributed by atoms with E-state index in [-0.39, 0.29) is 10.7 Å². The summed E-state index contributed by atoms with van der Waals surface area (Å²) in [6, 6.07) is 0. The van der Waals surface area contributed by atoms with E-state index < -0.39 is 11.7 Å². The van der Waals surface area contributed by atoms with E-state index in [1.54, 1.807) is 0 Å². The number of alkyl halides is 2. The summed E-state index contributed by atoms with van der Waals surface area (Å²) in [6.45, 7) is 9.79. The second-order valence-electron chi connectivity index (χ2n) is 4.34. The van der Waals surface area contributed by atoms with E-state index in [0.717, 1.165) is 0 Å². The van der Waals surface area contributed by atoms with Crippen LogP contribution in [0.4, 0.5) is 8.78 Å². The summed E-state index contributed by atoms with van der Waals surface area (Å²) in [5, 5.41) is -0.552. The Hall–Kier alpha value is 0.560. The van der Waals surface area contributed by atoms with E-state index in [0.29, 0.717) is 0 Å². The van der Waals surface area contributed by atoms with Crippen LogP contribution in [0.15, 0.2) is 0 Å². The van der Waals surface area contributed by atoms with Crippen molar-refractivity contribution in [2.45, 2.75) is 51.0 Å². The second-order valence-corrected chi connectivity index (χ2v) is 7.54. The molecule has 1 atom stereocenters. The van der Waals surface area contributed by atoms with Crippen LogP contribution in [-0.2, 0) is 0 Å². The van der Waals surface area contributed by atoms with Crippen molar-refractivity contribution in [3.63, 3.8) is 0 Å². The Morgan fingerprint density at radius 2 is 1.54 bits per heavy atom. The van der Waals surface area contributed by atoms with Gasteiger partial charge in [0.25, 0.3) is 6.43 Å². The average molecular weight is 228 g/mol. The number of hydrogen-bond donors (Lipinski definition) is 0. The molecule has 0 nitrogen and oxygen atoms in total. The smallest absolute Gasteiger partial charge is 0.209 e. The predicted molar refractivity (Wildman–Crippen MR) is 59.6 cm³/mol. The lowest BCUT2D eigenvalue weighted by molar-refractivity contribution is 0.130. The molecule has 0 amide bonds. The molecule has 0 aliphatic rings. The number of hydrogen-bond acceptors (Lipinski definition) is 2. The fourth-order valence-electron chi connectivity index (χ4n) is 0.644. The maximum atomic E-state index is 12.5. The molecule has 0 heterocycles. The van der Waals surface area contributed by atoms with Crippen LogP contribution in [0.3, 0.4) is 0 Å². The first-order valence-electron chi connectivity index (χ1n) is 4.36. The maximum absolute atomic E-state index is 12.5. The van der Waals surface area contributed by atoms with Gasteiger partial charge in [-0.3, -0.25) is 0 Å². The molecule has 1 unspecified atom stereocenters. The molecule has 0 aliphatic heterocycles. The highest BCUT2D eigenvalue weighted by atomic mass is 33.1. The van der Waals surface area contributed by atoms with Crippen molar-refractivity contribution >= 4 is 21.6 Å². The third-order valence-electron chi connectivity index (χ3n) is 1.31. The lowest BCUT2D eigenvalue weighted by atomic mass is 10.1. The molecule has 0 aromatic heterocycles. The van der Waals surface area contributed by atoms with E-state index in [9.17, 15) is 8.78 Å². The first kappa shape index (κ1) is 13.6. The third-order valence-corrected chi connectivity index (χ3v) is 5.34. The van der Waals surface area contributed by atoms with Gasteiger partial charge in [-0.25, -0.2) is 8.78 Å². The molecule has 0 saturated heterocycles. The van der Waals surface area contributed by atoms with Crippen molar-refractivity contribution in [1.29, 1.82) is 0 Å². The van der Waals surface area contributed by atoms with Crippen LogP contribution in [0, 0.1) is 5.92 Å². The summed E-state index contributed by atoms with van der Waals surface area (Å²) in [5.74, 6) is 0.0276. The quantitative estimate of drug-likeness (QED) is 0.652. The van der Waals surface area contributed by atoms with Gasteiger partial charge in [0.2, 0.25) is 0 Å².